The average Bonchev–Trinajstić information content (AvgIpc) is 2.63. The van der Waals surface area contributed by atoms with Crippen molar-refractivity contribution in [1.29, 1.82) is 0 Å². The van der Waals surface area contributed by atoms with Crippen molar-refractivity contribution < 1.29 is 53.1 Å². The number of fused-ring (bicyclic) bond motifs is 2. The molecule has 0 saturated heterocycles. The van der Waals surface area contributed by atoms with E-state index in [2.05, 4.69) is 0 Å². The van der Waals surface area contributed by atoms with Crippen molar-refractivity contribution in [2.24, 2.45) is 0 Å². The third-order valence-electron chi connectivity index (χ3n) is 3.53. The molecule has 4 aromatic rings. The van der Waals surface area contributed by atoms with E-state index in [4.69, 9.17) is 13.3 Å². The van der Waals surface area contributed by atoms with E-state index in [1.54, 1.807) is 12.1 Å². The Balaban J connectivity index is 0.000000220. The summed E-state index contributed by atoms with van der Waals surface area (Å²) >= 11 is -2.86. The van der Waals surface area contributed by atoms with Crippen LogP contribution in [-0.2, 0) is 11.4 Å². The molecule has 0 spiro atoms. The van der Waals surface area contributed by atoms with Gasteiger partial charge in [-0.15, -0.1) is 0 Å². The molecule has 0 saturated carbocycles. The summed E-state index contributed by atoms with van der Waals surface area (Å²) < 4.78 is 24.1. The summed E-state index contributed by atoms with van der Waals surface area (Å²) in [6.07, 6.45) is 0. The van der Waals surface area contributed by atoms with Crippen LogP contribution in [0.3, 0.4) is 0 Å². The van der Waals surface area contributed by atoms with Crippen molar-refractivity contribution >= 4 is 32.9 Å². The number of aromatic hydroxyl groups is 2. The van der Waals surface area contributed by atoms with E-state index in [0.717, 1.165) is 21.5 Å². The fourth-order valence-electron chi connectivity index (χ4n) is 2.42. The van der Waals surface area contributed by atoms with Crippen LogP contribution in [0.2, 0.25) is 0 Å². The van der Waals surface area contributed by atoms with Gasteiger partial charge in [0.05, 0.1) is 11.4 Å². The van der Waals surface area contributed by atoms with Gasteiger partial charge in [0.15, 0.2) is 0 Å². The van der Waals surface area contributed by atoms with Crippen LogP contribution < -0.4 is 29.6 Å². The molecule has 5 nitrogen and oxygen atoms in total. The summed E-state index contributed by atoms with van der Waals surface area (Å²) in [5.74, 6) is 0.700. The zero-order valence-corrected chi connectivity index (χ0v) is 17.5. The van der Waals surface area contributed by atoms with Gasteiger partial charge in [0.1, 0.15) is 11.5 Å². The van der Waals surface area contributed by atoms with Crippen LogP contribution >= 0.6 is 0 Å². The fraction of sp³-hybridized carbons (Fsp3) is 0. The summed E-state index contributed by atoms with van der Waals surface area (Å²) in [7, 11) is 0. The second kappa shape index (κ2) is 11.7. The molecular weight excluding hydrogens is 375 g/mol. The van der Waals surface area contributed by atoms with Gasteiger partial charge in [0.2, 0.25) is 0 Å². The minimum atomic E-state index is -2.86. The second-order valence-electron chi connectivity index (χ2n) is 5.21. The standard InChI is InChI=1S/2C10H8O.Na.H2O3S/c2*11-10-7-3-5-8-4-1-2-6-9(8)10;;1-4(2)3/h2*1-7,11H;;(H2,1,2,3)/q;;+1;/p-1. The van der Waals surface area contributed by atoms with Crippen molar-refractivity contribution in [1.82, 2.24) is 0 Å². The first kappa shape index (κ1) is 23.1. The summed E-state index contributed by atoms with van der Waals surface area (Å²) in [4.78, 5) is 0. The van der Waals surface area contributed by atoms with Gasteiger partial charge in [0, 0.05) is 10.8 Å². The maximum atomic E-state index is 9.37. The van der Waals surface area contributed by atoms with Gasteiger partial charge in [0.25, 0.3) is 0 Å². The Bertz CT molecular complexity index is 931. The van der Waals surface area contributed by atoms with E-state index in [1.807, 2.05) is 72.8 Å². The zero-order chi connectivity index (χ0) is 18.9. The van der Waals surface area contributed by atoms with Crippen molar-refractivity contribution in [3.05, 3.63) is 84.9 Å². The van der Waals surface area contributed by atoms with Gasteiger partial charge in [-0.25, -0.2) is 4.21 Å². The Labute approximate surface area is 181 Å². The van der Waals surface area contributed by atoms with Crippen LogP contribution in [-0.4, -0.2) is 23.5 Å². The molecule has 0 fully saturated rings. The van der Waals surface area contributed by atoms with Gasteiger partial charge >= 0.3 is 29.6 Å². The van der Waals surface area contributed by atoms with E-state index >= 15 is 0 Å². The summed E-state index contributed by atoms with van der Waals surface area (Å²) in [6.45, 7) is 0. The monoisotopic (exact) mass is 392 g/mol. The molecule has 0 bridgehead atoms. The van der Waals surface area contributed by atoms with Gasteiger partial charge in [-0.2, -0.15) is 0 Å². The fourth-order valence-corrected chi connectivity index (χ4v) is 2.42. The molecule has 3 N–H and O–H groups in total. The van der Waals surface area contributed by atoms with E-state index in [0.29, 0.717) is 11.5 Å². The van der Waals surface area contributed by atoms with Crippen molar-refractivity contribution in [2.45, 2.75) is 0 Å². The van der Waals surface area contributed by atoms with E-state index in [-0.39, 0.29) is 29.6 Å². The summed E-state index contributed by atoms with van der Waals surface area (Å²) in [5, 5.41) is 22.7. The molecule has 1 atom stereocenters. The molecule has 0 aromatic heterocycles. The minimum Gasteiger partial charge on any atom is -0.750 e. The maximum Gasteiger partial charge on any atom is 1.00 e. The largest absolute Gasteiger partial charge is 1.00 e. The average molecular weight is 392 g/mol. The van der Waals surface area contributed by atoms with Crippen LogP contribution in [0, 0.1) is 0 Å². The minimum absolute atomic E-state index is 0. The van der Waals surface area contributed by atoms with Gasteiger partial charge in [-0.3, -0.25) is 0 Å². The molecule has 4 aromatic carbocycles. The zero-order valence-electron chi connectivity index (χ0n) is 14.6. The van der Waals surface area contributed by atoms with Crippen molar-refractivity contribution in [2.75, 3.05) is 0 Å². The Morgan fingerprint density at radius 3 is 1.26 bits per heavy atom. The van der Waals surface area contributed by atoms with Crippen LogP contribution in [0.15, 0.2) is 84.9 Å². The molecule has 27 heavy (non-hydrogen) atoms. The van der Waals surface area contributed by atoms with E-state index in [1.165, 1.54) is 0 Å². The Morgan fingerprint density at radius 1 is 0.630 bits per heavy atom. The smallest absolute Gasteiger partial charge is 0.750 e. The SMILES string of the molecule is O=S([O-])O.Oc1cccc2ccccc12.Oc1cccc2ccccc12.[Na+]. The predicted molar refractivity (Wildman–Crippen MR) is 103 cm³/mol. The molecule has 7 heteroatoms. The van der Waals surface area contributed by atoms with Crippen LogP contribution in [0.25, 0.3) is 21.5 Å². The number of rotatable bonds is 0. The summed E-state index contributed by atoms with van der Waals surface area (Å²) in [5.41, 5.74) is 0. The van der Waals surface area contributed by atoms with Crippen LogP contribution in [0.1, 0.15) is 0 Å². The number of hydrogen-bond donors (Lipinski definition) is 3. The van der Waals surface area contributed by atoms with Gasteiger partial charge in [-0.1, -0.05) is 72.8 Å². The number of phenols is 2. The molecule has 0 aliphatic heterocycles. The molecule has 0 heterocycles. The van der Waals surface area contributed by atoms with Crippen LogP contribution in [0.5, 0.6) is 11.5 Å². The molecule has 0 radical (unpaired) electrons. The molecule has 1 unspecified atom stereocenters. The van der Waals surface area contributed by atoms with Gasteiger partial charge < -0.3 is 19.3 Å². The molecule has 134 valence electrons. The first-order valence-electron chi connectivity index (χ1n) is 7.61. The first-order chi connectivity index (χ1) is 12.5. The topological polar surface area (TPSA) is 101 Å². The van der Waals surface area contributed by atoms with Crippen molar-refractivity contribution in [3.63, 3.8) is 0 Å². The molecule has 4 rings (SSSR count). The third kappa shape index (κ3) is 7.30. The number of hydrogen-bond acceptors (Lipinski definition) is 4. The normalized spacial score (nSPS) is 10.6. The Morgan fingerprint density at radius 2 is 0.926 bits per heavy atom. The van der Waals surface area contributed by atoms with Crippen LogP contribution in [0.4, 0.5) is 0 Å². The number of benzene rings is 4. The Hall–Kier alpha value is -1.93. The molecule has 0 amide bonds. The third-order valence-corrected chi connectivity index (χ3v) is 3.53. The first-order valence-corrected chi connectivity index (χ1v) is 8.64. The molecular formula is C20H17NaO5S. The molecule has 0 aliphatic carbocycles. The second-order valence-corrected chi connectivity index (χ2v) is 5.65. The maximum absolute atomic E-state index is 9.37. The summed E-state index contributed by atoms with van der Waals surface area (Å²) in [6, 6.07) is 26.6. The quantitative estimate of drug-likeness (QED) is 0.311. The van der Waals surface area contributed by atoms with E-state index < -0.39 is 11.4 Å². The molecule has 0 aliphatic rings. The van der Waals surface area contributed by atoms with E-state index in [9.17, 15) is 10.2 Å². The van der Waals surface area contributed by atoms with Gasteiger partial charge in [-0.05, 0) is 22.9 Å². The predicted octanol–water partition coefficient (Wildman–Crippen LogP) is 1.43. The van der Waals surface area contributed by atoms with Crippen molar-refractivity contribution in [3.8, 4) is 11.5 Å². The number of phenolic OH excluding ortho intramolecular Hbond substituents is 2. The Kier molecular flexibility index (Phi) is 10.0.